The van der Waals surface area contributed by atoms with Crippen LogP contribution in [0.1, 0.15) is 35.2 Å². The molecule has 1 heterocycles. The van der Waals surface area contributed by atoms with E-state index in [1.165, 1.54) is 12.3 Å². The zero-order valence-corrected chi connectivity index (χ0v) is 15.0. The number of halogens is 2. The third kappa shape index (κ3) is 4.17. The largest absolute Gasteiger partial charge is 0.502 e. The van der Waals surface area contributed by atoms with Crippen molar-refractivity contribution < 1.29 is 9.90 Å². The minimum Gasteiger partial charge on any atom is -0.502 e. The van der Waals surface area contributed by atoms with Gasteiger partial charge in [0.1, 0.15) is 0 Å². The van der Waals surface area contributed by atoms with Gasteiger partial charge in [0.25, 0.3) is 11.5 Å². The molecule has 0 saturated heterocycles. The molecule has 3 rings (SSSR count). The number of hydrogen-bond donors (Lipinski definition) is 2. The number of aromatic hydroxyl groups is 1. The molecule has 0 unspecified atom stereocenters. The predicted octanol–water partition coefficient (Wildman–Crippen LogP) is 3.62. The van der Waals surface area contributed by atoms with Crippen LogP contribution in [0.3, 0.4) is 0 Å². The second-order valence-electron chi connectivity index (χ2n) is 6.15. The maximum atomic E-state index is 12.7. The Morgan fingerprint density at radius 3 is 2.68 bits per heavy atom. The lowest BCUT2D eigenvalue weighted by Gasteiger charge is -2.22. The first kappa shape index (κ1) is 17.8. The molecule has 132 valence electrons. The van der Waals surface area contributed by atoms with Gasteiger partial charge in [-0.05, 0) is 49.4 Å². The number of aromatic nitrogens is 1. The van der Waals surface area contributed by atoms with Crippen molar-refractivity contribution in [3.8, 4) is 5.75 Å². The lowest BCUT2D eigenvalue weighted by Crippen LogP contribution is -2.35. The number of pyridine rings is 1. The van der Waals surface area contributed by atoms with E-state index in [9.17, 15) is 14.7 Å². The number of amides is 1. The molecule has 1 aromatic carbocycles. The Morgan fingerprint density at radius 2 is 2.00 bits per heavy atom. The maximum Gasteiger partial charge on any atom is 0.290 e. The van der Waals surface area contributed by atoms with Crippen LogP contribution in [-0.2, 0) is 6.42 Å². The molecule has 1 aliphatic carbocycles. The summed E-state index contributed by atoms with van der Waals surface area (Å²) < 4.78 is 0. The van der Waals surface area contributed by atoms with Crippen molar-refractivity contribution in [3.05, 3.63) is 62.0 Å². The third-order valence-electron chi connectivity index (χ3n) is 4.26. The fraction of sp³-hybridized carbons (Fsp3) is 0.333. The maximum absolute atomic E-state index is 12.7. The number of nitrogens with zero attached hydrogens (tertiary/aromatic N) is 1. The van der Waals surface area contributed by atoms with Gasteiger partial charge in [-0.15, -0.1) is 0 Å². The van der Waals surface area contributed by atoms with Crippen molar-refractivity contribution >= 4 is 29.1 Å². The molecule has 0 bridgehead atoms. The molecule has 0 radical (unpaired) electrons. The van der Waals surface area contributed by atoms with Crippen LogP contribution < -0.4 is 5.56 Å². The zero-order chi connectivity index (χ0) is 18.0. The number of benzene rings is 1. The molecule has 1 saturated carbocycles. The highest BCUT2D eigenvalue weighted by atomic mass is 35.5. The Hall–Kier alpha value is -1.98. The molecule has 5 nitrogen and oxygen atoms in total. The van der Waals surface area contributed by atoms with Crippen molar-refractivity contribution in [3.63, 3.8) is 0 Å². The van der Waals surface area contributed by atoms with Crippen LogP contribution in [0.4, 0.5) is 0 Å². The summed E-state index contributed by atoms with van der Waals surface area (Å²) in [5.74, 6) is -0.831. The van der Waals surface area contributed by atoms with Crippen LogP contribution in [0.2, 0.25) is 10.0 Å². The minimum absolute atomic E-state index is 0.0465. The summed E-state index contributed by atoms with van der Waals surface area (Å²) in [5.41, 5.74) is 0.444. The quantitative estimate of drug-likeness (QED) is 0.803. The van der Waals surface area contributed by atoms with E-state index in [2.05, 4.69) is 4.98 Å². The van der Waals surface area contributed by atoms with Crippen molar-refractivity contribution in [2.45, 2.75) is 31.7 Å². The molecular formula is C18H18Cl2N2O3. The van der Waals surface area contributed by atoms with Crippen LogP contribution >= 0.6 is 23.2 Å². The molecule has 25 heavy (non-hydrogen) atoms. The smallest absolute Gasteiger partial charge is 0.290 e. The average Bonchev–Trinajstić information content (AvgIpc) is 3.41. The number of carbonyl (C=O) groups excluding carboxylic acids is 1. The lowest BCUT2D eigenvalue weighted by molar-refractivity contribution is 0.0737. The van der Waals surface area contributed by atoms with Gasteiger partial charge in [-0.1, -0.05) is 29.3 Å². The Labute approximate surface area is 155 Å². The fourth-order valence-corrected chi connectivity index (χ4v) is 3.10. The third-order valence-corrected chi connectivity index (χ3v) is 5.00. The van der Waals surface area contributed by atoms with Crippen molar-refractivity contribution in [2.75, 3.05) is 6.54 Å². The van der Waals surface area contributed by atoms with E-state index in [0.29, 0.717) is 16.6 Å². The van der Waals surface area contributed by atoms with Crippen LogP contribution in [0.5, 0.6) is 5.75 Å². The van der Waals surface area contributed by atoms with E-state index < -0.39 is 11.3 Å². The molecule has 0 atom stereocenters. The molecule has 0 aliphatic heterocycles. The Balaban J connectivity index is 1.67. The van der Waals surface area contributed by atoms with Gasteiger partial charge in [0.2, 0.25) is 0 Å². The summed E-state index contributed by atoms with van der Waals surface area (Å²) in [6.45, 7) is 0.552. The number of aryl methyl sites for hydroxylation is 1. The van der Waals surface area contributed by atoms with Gasteiger partial charge in [-0.3, -0.25) is 9.59 Å². The second-order valence-corrected chi connectivity index (χ2v) is 6.97. The van der Waals surface area contributed by atoms with Crippen LogP contribution in [-0.4, -0.2) is 33.5 Å². The number of hydrogen-bond acceptors (Lipinski definition) is 3. The molecule has 7 heteroatoms. The van der Waals surface area contributed by atoms with E-state index in [1.54, 1.807) is 11.0 Å². The Morgan fingerprint density at radius 1 is 1.24 bits per heavy atom. The SMILES string of the molecule is O=C(c1cc[nH]c(=O)c1O)N(CCCc1ccc(Cl)c(Cl)c1)C1CC1. The first-order valence-corrected chi connectivity index (χ1v) is 8.88. The van der Waals surface area contributed by atoms with Gasteiger partial charge >= 0.3 is 0 Å². The summed E-state index contributed by atoms with van der Waals surface area (Å²) in [7, 11) is 0. The van der Waals surface area contributed by atoms with E-state index in [0.717, 1.165) is 31.2 Å². The van der Waals surface area contributed by atoms with Crippen LogP contribution in [0, 0.1) is 0 Å². The van der Waals surface area contributed by atoms with Gasteiger partial charge in [0.15, 0.2) is 5.75 Å². The van der Waals surface area contributed by atoms with Crippen molar-refractivity contribution in [1.82, 2.24) is 9.88 Å². The molecule has 1 aromatic heterocycles. The minimum atomic E-state index is -0.655. The standard InChI is InChI=1S/C18H18Cl2N2O3/c19-14-6-3-11(10-15(14)20)2-1-9-22(12-4-5-12)18(25)13-7-8-21-17(24)16(13)23/h3,6-8,10,12,23H,1-2,4-5,9H2,(H,21,24). The normalized spacial score (nSPS) is 13.7. The topological polar surface area (TPSA) is 73.4 Å². The first-order valence-electron chi connectivity index (χ1n) is 8.13. The lowest BCUT2D eigenvalue weighted by atomic mass is 10.1. The summed E-state index contributed by atoms with van der Waals surface area (Å²) in [6, 6.07) is 7.13. The van der Waals surface area contributed by atoms with E-state index in [-0.39, 0.29) is 17.5 Å². The molecule has 1 fully saturated rings. The van der Waals surface area contributed by atoms with E-state index in [4.69, 9.17) is 23.2 Å². The number of rotatable bonds is 6. The summed E-state index contributed by atoms with van der Waals surface area (Å²) in [5, 5.41) is 10.9. The van der Waals surface area contributed by atoms with Gasteiger partial charge in [-0.2, -0.15) is 0 Å². The highest BCUT2D eigenvalue weighted by molar-refractivity contribution is 6.42. The molecule has 1 aliphatic rings. The molecule has 2 aromatic rings. The number of H-pyrrole nitrogens is 1. The van der Waals surface area contributed by atoms with Crippen molar-refractivity contribution in [2.24, 2.45) is 0 Å². The first-order chi connectivity index (χ1) is 12.0. The average molecular weight is 381 g/mol. The number of nitrogens with one attached hydrogen (secondary N) is 1. The van der Waals surface area contributed by atoms with E-state index in [1.807, 2.05) is 12.1 Å². The Kier molecular flexibility index (Phi) is 5.35. The van der Waals surface area contributed by atoms with E-state index >= 15 is 0 Å². The molecule has 2 N–H and O–H groups in total. The summed E-state index contributed by atoms with van der Waals surface area (Å²) in [4.78, 5) is 28.3. The van der Waals surface area contributed by atoms with Crippen LogP contribution in [0.25, 0.3) is 0 Å². The van der Waals surface area contributed by atoms with Crippen LogP contribution in [0.15, 0.2) is 35.3 Å². The molecular weight excluding hydrogens is 363 g/mol. The van der Waals surface area contributed by atoms with Gasteiger partial charge < -0.3 is 15.0 Å². The van der Waals surface area contributed by atoms with Gasteiger partial charge in [-0.25, -0.2) is 0 Å². The molecule has 0 spiro atoms. The summed E-state index contributed by atoms with van der Waals surface area (Å²) >= 11 is 11.9. The number of aromatic amines is 1. The predicted molar refractivity (Wildman–Crippen MR) is 97.6 cm³/mol. The highest BCUT2D eigenvalue weighted by Gasteiger charge is 2.33. The highest BCUT2D eigenvalue weighted by Crippen LogP contribution is 2.30. The monoisotopic (exact) mass is 380 g/mol. The van der Waals surface area contributed by atoms with Gasteiger partial charge in [0, 0.05) is 18.8 Å². The fourth-order valence-electron chi connectivity index (χ4n) is 2.78. The molecule has 1 amide bonds. The van der Waals surface area contributed by atoms with Gasteiger partial charge in [0.05, 0.1) is 15.6 Å². The zero-order valence-electron chi connectivity index (χ0n) is 13.5. The Bertz CT molecular complexity index is 846. The van der Waals surface area contributed by atoms with Crippen molar-refractivity contribution in [1.29, 1.82) is 0 Å². The second kappa shape index (κ2) is 7.50. The summed E-state index contributed by atoms with van der Waals surface area (Å²) in [6.07, 6.45) is 4.78. The number of carbonyl (C=O) groups is 1.